The molecule has 0 saturated carbocycles. The summed E-state index contributed by atoms with van der Waals surface area (Å²) < 4.78 is 1.55. The Bertz CT molecular complexity index is 816. The molecule has 3 rings (SSSR count). The number of carbonyl (C=O) groups is 1. The number of hydrogen-bond donors (Lipinski definition) is 2. The Morgan fingerprint density at radius 1 is 1.42 bits per heavy atom. The van der Waals surface area contributed by atoms with E-state index in [1.165, 1.54) is 16.9 Å². The van der Waals surface area contributed by atoms with Crippen molar-refractivity contribution in [3.63, 3.8) is 0 Å². The summed E-state index contributed by atoms with van der Waals surface area (Å²) in [5.41, 5.74) is 6.57. The topological polar surface area (TPSA) is 90.0 Å². The van der Waals surface area contributed by atoms with E-state index >= 15 is 0 Å². The lowest BCUT2D eigenvalue weighted by molar-refractivity contribution is -0.121. The van der Waals surface area contributed by atoms with E-state index < -0.39 is 5.54 Å². The van der Waals surface area contributed by atoms with Gasteiger partial charge in [0.15, 0.2) is 0 Å². The van der Waals surface area contributed by atoms with Gasteiger partial charge in [-0.1, -0.05) is 0 Å². The summed E-state index contributed by atoms with van der Waals surface area (Å²) in [5.74, 6) is -0.104. The van der Waals surface area contributed by atoms with Crippen LogP contribution in [0, 0.1) is 0 Å². The number of hydrogen-bond acceptors (Lipinski definition) is 5. The summed E-state index contributed by atoms with van der Waals surface area (Å²) in [6.45, 7) is 4.46. The van der Waals surface area contributed by atoms with Crippen LogP contribution in [0.5, 0.6) is 0 Å². The average Bonchev–Trinajstić information content (AvgIpc) is 2.91. The van der Waals surface area contributed by atoms with Crippen LogP contribution in [-0.4, -0.2) is 27.5 Å². The number of thiophene rings is 1. The van der Waals surface area contributed by atoms with Gasteiger partial charge >= 0.3 is 0 Å². The van der Waals surface area contributed by atoms with Crippen molar-refractivity contribution < 1.29 is 4.79 Å². The molecule has 0 aliphatic heterocycles. The SMILES string of the molecule is CC(C)(N)CNC(=O)CCn1cnc2sc3c(c2c1=O)CCCC3. The lowest BCUT2D eigenvalue weighted by Gasteiger charge is -2.18. The Labute approximate surface area is 145 Å². The number of aromatic nitrogens is 2. The maximum Gasteiger partial charge on any atom is 0.262 e. The highest BCUT2D eigenvalue weighted by atomic mass is 32.1. The largest absolute Gasteiger partial charge is 0.354 e. The molecule has 3 N–H and O–H groups in total. The zero-order valence-electron chi connectivity index (χ0n) is 14.2. The van der Waals surface area contributed by atoms with Gasteiger partial charge in [-0.15, -0.1) is 11.3 Å². The van der Waals surface area contributed by atoms with Gasteiger partial charge in [-0.2, -0.15) is 0 Å². The molecule has 1 aliphatic rings. The van der Waals surface area contributed by atoms with E-state index in [1.54, 1.807) is 22.2 Å². The highest BCUT2D eigenvalue weighted by Crippen LogP contribution is 2.33. The van der Waals surface area contributed by atoms with E-state index in [0.717, 1.165) is 29.5 Å². The van der Waals surface area contributed by atoms with Crippen LogP contribution in [-0.2, 0) is 24.2 Å². The van der Waals surface area contributed by atoms with Crippen LogP contribution < -0.4 is 16.6 Å². The van der Waals surface area contributed by atoms with Crippen molar-refractivity contribution in [2.75, 3.05) is 6.54 Å². The lowest BCUT2D eigenvalue weighted by atomic mass is 9.97. The van der Waals surface area contributed by atoms with Gasteiger partial charge in [0.2, 0.25) is 5.91 Å². The standard InChI is InChI=1S/C17H24N4O2S/c1-17(2,18)9-19-13(22)7-8-21-10-20-15-14(16(21)23)11-5-3-4-6-12(11)24-15/h10H,3-9,18H2,1-2H3,(H,19,22). The molecular formula is C17H24N4O2S. The molecule has 0 unspecified atom stereocenters. The van der Waals surface area contributed by atoms with E-state index in [4.69, 9.17) is 5.73 Å². The Balaban J connectivity index is 1.75. The zero-order valence-corrected chi connectivity index (χ0v) is 15.0. The lowest BCUT2D eigenvalue weighted by Crippen LogP contribution is -2.45. The first-order valence-electron chi connectivity index (χ1n) is 8.40. The van der Waals surface area contributed by atoms with Gasteiger partial charge < -0.3 is 11.1 Å². The first-order chi connectivity index (χ1) is 11.3. The fourth-order valence-electron chi connectivity index (χ4n) is 2.98. The minimum atomic E-state index is -0.442. The summed E-state index contributed by atoms with van der Waals surface area (Å²) in [7, 11) is 0. The first kappa shape index (κ1) is 17.1. The van der Waals surface area contributed by atoms with E-state index in [1.807, 2.05) is 13.8 Å². The Morgan fingerprint density at radius 2 is 2.17 bits per heavy atom. The normalized spacial score (nSPS) is 14.6. The van der Waals surface area contributed by atoms with Gasteiger partial charge in [0.25, 0.3) is 5.56 Å². The number of aryl methyl sites for hydroxylation is 3. The molecule has 0 aromatic carbocycles. The first-order valence-corrected chi connectivity index (χ1v) is 9.22. The van der Waals surface area contributed by atoms with E-state index in [2.05, 4.69) is 10.3 Å². The Hall–Kier alpha value is -1.73. The van der Waals surface area contributed by atoms with Crippen LogP contribution in [0.25, 0.3) is 10.2 Å². The number of nitrogens with two attached hydrogens (primary N) is 1. The quantitative estimate of drug-likeness (QED) is 0.858. The molecule has 0 bridgehead atoms. The van der Waals surface area contributed by atoms with Crippen molar-refractivity contribution in [1.29, 1.82) is 0 Å². The number of amides is 1. The van der Waals surface area contributed by atoms with Crippen molar-refractivity contribution in [3.8, 4) is 0 Å². The third-order valence-electron chi connectivity index (χ3n) is 4.26. The number of fused-ring (bicyclic) bond motifs is 3. The third-order valence-corrected chi connectivity index (χ3v) is 5.46. The molecule has 130 valence electrons. The summed E-state index contributed by atoms with van der Waals surface area (Å²) in [6.07, 6.45) is 6.13. The molecular weight excluding hydrogens is 324 g/mol. The molecule has 2 heterocycles. The number of carbonyl (C=O) groups excluding carboxylic acids is 1. The Kier molecular flexibility index (Phi) is 4.73. The molecule has 0 spiro atoms. The smallest absolute Gasteiger partial charge is 0.262 e. The minimum Gasteiger partial charge on any atom is -0.354 e. The number of nitrogens with zero attached hydrogens (tertiary/aromatic N) is 2. The van der Waals surface area contributed by atoms with Crippen molar-refractivity contribution in [3.05, 3.63) is 27.1 Å². The molecule has 2 aromatic rings. The molecule has 0 saturated heterocycles. The molecule has 0 atom stereocenters. The molecule has 7 heteroatoms. The molecule has 24 heavy (non-hydrogen) atoms. The van der Waals surface area contributed by atoms with Gasteiger partial charge in [-0.25, -0.2) is 4.98 Å². The second kappa shape index (κ2) is 6.64. The van der Waals surface area contributed by atoms with Crippen LogP contribution in [0.15, 0.2) is 11.1 Å². The summed E-state index contributed by atoms with van der Waals surface area (Å²) in [5, 5.41) is 3.56. The van der Waals surface area contributed by atoms with Crippen LogP contribution in [0.1, 0.15) is 43.6 Å². The summed E-state index contributed by atoms with van der Waals surface area (Å²) in [6, 6.07) is 0. The molecule has 1 amide bonds. The van der Waals surface area contributed by atoms with Gasteiger partial charge in [0.05, 0.1) is 11.7 Å². The summed E-state index contributed by atoms with van der Waals surface area (Å²) >= 11 is 1.64. The van der Waals surface area contributed by atoms with Crippen molar-refractivity contribution in [1.82, 2.24) is 14.9 Å². The minimum absolute atomic E-state index is 0.0219. The van der Waals surface area contributed by atoms with E-state index in [0.29, 0.717) is 13.1 Å². The van der Waals surface area contributed by atoms with E-state index in [-0.39, 0.29) is 17.9 Å². The van der Waals surface area contributed by atoms with Crippen molar-refractivity contribution >= 4 is 27.5 Å². The molecule has 0 radical (unpaired) electrons. The molecule has 1 aliphatic carbocycles. The predicted octanol–water partition coefficient (Wildman–Crippen LogP) is 1.58. The van der Waals surface area contributed by atoms with Crippen molar-refractivity contribution in [2.24, 2.45) is 5.73 Å². The number of nitrogens with one attached hydrogen (secondary N) is 1. The highest BCUT2D eigenvalue weighted by molar-refractivity contribution is 7.18. The average molecular weight is 348 g/mol. The zero-order chi connectivity index (χ0) is 17.3. The Morgan fingerprint density at radius 3 is 2.92 bits per heavy atom. The molecule has 0 fully saturated rings. The van der Waals surface area contributed by atoms with Gasteiger partial charge in [0, 0.05) is 29.9 Å². The van der Waals surface area contributed by atoms with Crippen LogP contribution >= 0.6 is 11.3 Å². The van der Waals surface area contributed by atoms with Crippen LogP contribution in [0.3, 0.4) is 0 Å². The highest BCUT2D eigenvalue weighted by Gasteiger charge is 2.20. The predicted molar refractivity (Wildman–Crippen MR) is 96.4 cm³/mol. The second-order valence-corrected chi connectivity index (χ2v) is 8.23. The molecule has 2 aromatic heterocycles. The second-order valence-electron chi connectivity index (χ2n) is 7.15. The molecule has 6 nitrogen and oxygen atoms in total. The monoisotopic (exact) mass is 348 g/mol. The maximum absolute atomic E-state index is 12.8. The fraction of sp³-hybridized carbons (Fsp3) is 0.588. The van der Waals surface area contributed by atoms with E-state index in [9.17, 15) is 9.59 Å². The third kappa shape index (κ3) is 3.67. The van der Waals surface area contributed by atoms with Crippen molar-refractivity contribution in [2.45, 2.75) is 58.0 Å². The number of rotatable bonds is 5. The van der Waals surface area contributed by atoms with Gasteiger partial charge in [0.1, 0.15) is 4.83 Å². The van der Waals surface area contributed by atoms with Gasteiger partial charge in [-0.3, -0.25) is 14.2 Å². The van der Waals surface area contributed by atoms with Crippen LogP contribution in [0.2, 0.25) is 0 Å². The summed E-state index contributed by atoms with van der Waals surface area (Å²) in [4.78, 5) is 31.3. The van der Waals surface area contributed by atoms with Gasteiger partial charge in [-0.05, 0) is 45.1 Å². The fourth-order valence-corrected chi connectivity index (χ4v) is 4.20. The van der Waals surface area contributed by atoms with Crippen LogP contribution in [0.4, 0.5) is 0 Å². The maximum atomic E-state index is 12.8.